The lowest BCUT2D eigenvalue weighted by molar-refractivity contribution is 0.302. The van der Waals surface area contributed by atoms with E-state index in [0.29, 0.717) is 6.04 Å². The first-order chi connectivity index (χ1) is 3.68. The van der Waals surface area contributed by atoms with Crippen LogP contribution in [0.2, 0.25) is 0 Å². The van der Waals surface area contributed by atoms with E-state index in [2.05, 4.69) is 25.9 Å². The average Bonchev–Trinajstić information content (AvgIpc) is 1.67. The van der Waals surface area contributed by atoms with Gasteiger partial charge in [-0.25, -0.2) is 0 Å². The van der Waals surface area contributed by atoms with Gasteiger partial charge in [-0.1, -0.05) is 0 Å². The predicted molar refractivity (Wildman–Crippen MR) is 44.1 cm³/mol. The molecule has 0 spiro atoms. The number of halogens is 1. The maximum absolute atomic E-state index is 5.34. The number of hydrogen-bond acceptors (Lipinski definition) is 2. The Morgan fingerprint density at radius 3 is 2.00 bits per heavy atom. The van der Waals surface area contributed by atoms with Gasteiger partial charge in [0.1, 0.15) is 0 Å². The summed E-state index contributed by atoms with van der Waals surface area (Å²) in [6.45, 7) is 2.96. The number of nitrogens with zero attached hydrogens (tertiary/aromatic N) is 1. The third-order valence-electron chi connectivity index (χ3n) is 1.47. The lowest BCUT2D eigenvalue weighted by Crippen LogP contribution is -2.26. The lowest BCUT2D eigenvalue weighted by Gasteiger charge is -2.17. The fourth-order valence-corrected chi connectivity index (χ4v) is 0.499. The molecule has 0 aromatic carbocycles. The van der Waals surface area contributed by atoms with E-state index in [1.165, 1.54) is 0 Å². The molecule has 0 amide bonds. The van der Waals surface area contributed by atoms with E-state index in [1.807, 2.05) is 0 Å². The lowest BCUT2D eigenvalue weighted by atomic mass is 10.2. The largest absolute Gasteiger partial charge is 0.330 e. The zero-order valence-electron chi connectivity index (χ0n) is 6.42. The third kappa shape index (κ3) is 6.09. The molecule has 2 nitrogen and oxygen atoms in total. The summed E-state index contributed by atoms with van der Waals surface area (Å²) in [6, 6.07) is 0.625. The van der Waals surface area contributed by atoms with Crippen molar-refractivity contribution in [2.75, 3.05) is 20.6 Å². The SMILES string of the molecule is CC(CCN)N(C)C.Cl. The van der Waals surface area contributed by atoms with Gasteiger partial charge in [0.25, 0.3) is 0 Å². The Hall–Kier alpha value is 0.210. The molecule has 0 heterocycles. The fourth-order valence-electron chi connectivity index (χ4n) is 0.499. The molecule has 0 radical (unpaired) electrons. The van der Waals surface area contributed by atoms with Crippen LogP contribution in [0.5, 0.6) is 0 Å². The third-order valence-corrected chi connectivity index (χ3v) is 1.47. The first-order valence-corrected chi connectivity index (χ1v) is 3.05. The smallest absolute Gasteiger partial charge is 0.00728 e. The molecule has 0 aromatic rings. The molecular formula is C6H17ClN2. The Morgan fingerprint density at radius 1 is 1.44 bits per heavy atom. The summed E-state index contributed by atoms with van der Waals surface area (Å²) in [5.41, 5.74) is 5.34. The van der Waals surface area contributed by atoms with E-state index in [-0.39, 0.29) is 12.4 Å². The van der Waals surface area contributed by atoms with Crippen LogP contribution in [0.1, 0.15) is 13.3 Å². The predicted octanol–water partition coefficient (Wildman–Crippen LogP) is 0.707. The van der Waals surface area contributed by atoms with Gasteiger partial charge in [-0.3, -0.25) is 0 Å². The maximum Gasteiger partial charge on any atom is 0.00728 e. The summed E-state index contributed by atoms with van der Waals surface area (Å²) in [4.78, 5) is 2.17. The van der Waals surface area contributed by atoms with Crippen molar-refractivity contribution < 1.29 is 0 Å². The summed E-state index contributed by atoms with van der Waals surface area (Å²) in [7, 11) is 4.14. The van der Waals surface area contributed by atoms with Gasteiger partial charge < -0.3 is 10.6 Å². The highest BCUT2D eigenvalue weighted by molar-refractivity contribution is 5.85. The molecule has 0 fully saturated rings. The van der Waals surface area contributed by atoms with Crippen LogP contribution in [0, 0.1) is 0 Å². The van der Waals surface area contributed by atoms with Crippen molar-refractivity contribution in [3.63, 3.8) is 0 Å². The molecule has 2 N–H and O–H groups in total. The van der Waals surface area contributed by atoms with Gasteiger partial charge in [-0.05, 0) is 34.0 Å². The molecule has 0 rings (SSSR count). The van der Waals surface area contributed by atoms with Gasteiger partial charge in [-0.2, -0.15) is 0 Å². The van der Waals surface area contributed by atoms with Crippen LogP contribution < -0.4 is 5.73 Å². The van der Waals surface area contributed by atoms with Crippen LogP contribution in [0.15, 0.2) is 0 Å². The van der Waals surface area contributed by atoms with E-state index in [0.717, 1.165) is 13.0 Å². The van der Waals surface area contributed by atoms with Gasteiger partial charge in [0.2, 0.25) is 0 Å². The maximum atomic E-state index is 5.34. The Morgan fingerprint density at radius 2 is 1.89 bits per heavy atom. The molecule has 1 atom stereocenters. The molecule has 58 valence electrons. The van der Waals surface area contributed by atoms with Crippen molar-refractivity contribution in [2.24, 2.45) is 5.73 Å². The quantitative estimate of drug-likeness (QED) is 0.646. The Balaban J connectivity index is 0. The van der Waals surface area contributed by atoms with Gasteiger partial charge in [0.15, 0.2) is 0 Å². The molecular weight excluding hydrogens is 136 g/mol. The van der Waals surface area contributed by atoms with Crippen LogP contribution in [-0.2, 0) is 0 Å². The summed E-state index contributed by atoms with van der Waals surface area (Å²) < 4.78 is 0. The van der Waals surface area contributed by atoms with Crippen LogP contribution in [-0.4, -0.2) is 31.6 Å². The molecule has 0 aromatic heterocycles. The van der Waals surface area contributed by atoms with E-state index in [1.54, 1.807) is 0 Å². The van der Waals surface area contributed by atoms with Gasteiger partial charge in [0.05, 0.1) is 0 Å². The summed E-state index contributed by atoms with van der Waals surface area (Å²) >= 11 is 0. The minimum atomic E-state index is 0. The van der Waals surface area contributed by atoms with Crippen molar-refractivity contribution in [2.45, 2.75) is 19.4 Å². The number of rotatable bonds is 3. The van der Waals surface area contributed by atoms with Crippen molar-refractivity contribution in [1.29, 1.82) is 0 Å². The fraction of sp³-hybridized carbons (Fsp3) is 1.00. The minimum absolute atomic E-state index is 0. The van der Waals surface area contributed by atoms with Crippen molar-refractivity contribution >= 4 is 12.4 Å². The second-order valence-corrected chi connectivity index (χ2v) is 2.39. The molecule has 0 saturated carbocycles. The molecule has 0 aliphatic rings. The molecule has 9 heavy (non-hydrogen) atoms. The van der Waals surface area contributed by atoms with Gasteiger partial charge in [-0.15, -0.1) is 12.4 Å². The van der Waals surface area contributed by atoms with E-state index >= 15 is 0 Å². The van der Waals surface area contributed by atoms with Crippen molar-refractivity contribution in [3.8, 4) is 0 Å². The normalized spacial score (nSPS) is 13.0. The molecule has 3 heteroatoms. The van der Waals surface area contributed by atoms with E-state index < -0.39 is 0 Å². The molecule has 0 bridgehead atoms. The minimum Gasteiger partial charge on any atom is -0.330 e. The first kappa shape index (κ1) is 11.9. The van der Waals surface area contributed by atoms with Crippen LogP contribution >= 0.6 is 12.4 Å². The molecule has 0 aliphatic heterocycles. The molecule has 1 unspecified atom stereocenters. The van der Waals surface area contributed by atoms with Crippen LogP contribution in [0.4, 0.5) is 0 Å². The van der Waals surface area contributed by atoms with Gasteiger partial charge >= 0.3 is 0 Å². The van der Waals surface area contributed by atoms with Crippen LogP contribution in [0.3, 0.4) is 0 Å². The summed E-state index contributed by atoms with van der Waals surface area (Å²) in [5.74, 6) is 0. The first-order valence-electron chi connectivity index (χ1n) is 3.05. The molecule has 0 aliphatic carbocycles. The Kier molecular flexibility index (Phi) is 8.40. The van der Waals surface area contributed by atoms with E-state index in [4.69, 9.17) is 5.73 Å². The van der Waals surface area contributed by atoms with Crippen molar-refractivity contribution in [3.05, 3.63) is 0 Å². The summed E-state index contributed by atoms with van der Waals surface area (Å²) in [5, 5.41) is 0. The summed E-state index contributed by atoms with van der Waals surface area (Å²) in [6.07, 6.45) is 1.09. The highest BCUT2D eigenvalue weighted by Crippen LogP contribution is 1.93. The standard InChI is InChI=1S/C6H16N2.ClH/c1-6(4-5-7)8(2)3;/h6H,4-5,7H2,1-3H3;1H. The molecule has 0 saturated heterocycles. The second kappa shape index (κ2) is 6.33. The highest BCUT2D eigenvalue weighted by Gasteiger charge is 2.00. The highest BCUT2D eigenvalue weighted by atomic mass is 35.5. The Labute approximate surface area is 63.8 Å². The zero-order valence-corrected chi connectivity index (χ0v) is 7.24. The monoisotopic (exact) mass is 152 g/mol. The van der Waals surface area contributed by atoms with Crippen molar-refractivity contribution in [1.82, 2.24) is 4.90 Å². The average molecular weight is 153 g/mol. The van der Waals surface area contributed by atoms with Crippen LogP contribution in [0.25, 0.3) is 0 Å². The Bertz CT molecular complexity index is 57.0. The zero-order chi connectivity index (χ0) is 6.57. The topological polar surface area (TPSA) is 29.3 Å². The van der Waals surface area contributed by atoms with Gasteiger partial charge in [0, 0.05) is 6.04 Å². The van der Waals surface area contributed by atoms with E-state index in [9.17, 15) is 0 Å². The number of nitrogens with two attached hydrogens (primary N) is 1. The second-order valence-electron chi connectivity index (χ2n) is 2.39. The number of hydrogen-bond donors (Lipinski definition) is 1.